The smallest absolute Gasteiger partial charge is 0.282 e. The van der Waals surface area contributed by atoms with Gasteiger partial charge in [-0.3, -0.25) is 9.59 Å². The summed E-state index contributed by atoms with van der Waals surface area (Å²) in [6.07, 6.45) is 0. The lowest BCUT2D eigenvalue weighted by Gasteiger charge is -2.16. The molecule has 0 atom stereocenters. The van der Waals surface area contributed by atoms with E-state index in [1.165, 1.54) is 0 Å². The maximum atomic E-state index is 13.5. The zero-order valence-electron chi connectivity index (χ0n) is 17.6. The molecule has 162 valence electrons. The second-order valence-corrected chi connectivity index (χ2v) is 7.39. The third kappa shape index (κ3) is 4.05. The zero-order chi connectivity index (χ0) is 22.7. The Bertz CT molecular complexity index is 1190. The fourth-order valence-electron chi connectivity index (χ4n) is 3.48. The van der Waals surface area contributed by atoms with E-state index in [2.05, 4.69) is 5.32 Å². The van der Waals surface area contributed by atoms with Crippen LogP contribution in [0.15, 0.2) is 78.5 Å². The molecule has 6 nitrogen and oxygen atoms in total. The van der Waals surface area contributed by atoms with Gasteiger partial charge in [-0.15, -0.1) is 0 Å². The average Bonchev–Trinajstić information content (AvgIpc) is 3.05. The van der Waals surface area contributed by atoms with Crippen LogP contribution < -0.4 is 19.7 Å². The number of nitrogens with zero attached hydrogens (tertiary/aromatic N) is 1. The Hall–Kier alpha value is -3.77. The highest BCUT2D eigenvalue weighted by molar-refractivity contribution is 6.46. The summed E-state index contributed by atoms with van der Waals surface area (Å²) < 4.78 is 10.9. The van der Waals surface area contributed by atoms with Crippen molar-refractivity contribution in [3.63, 3.8) is 0 Å². The van der Waals surface area contributed by atoms with Crippen LogP contribution in [0.3, 0.4) is 0 Å². The van der Waals surface area contributed by atoms with Gasteiger partial charge >= 0.3 is 0 Å². The summed E-state index contributed by atoms with van der Waals surface area (Å²) in [5.74, 6) is 0.319. The van der Waals surface area contributed by atoms with Crippen LogP contribution in [0.2, 0.25) is 5.02 Å². The number of amides is 2. The number of hydrogen-bond acceptors (Lipinski definition) is 5. The molecule has 3 aromatic rings. The molecule has 0 unspecified atom stereocenters. The minimum Gasteiger partial charge on any atom is -0.497 e. The van der Waals surface area contributed by atoms with E-state index in [9.17, 15) is 9.59 Å². The molecule has 1 aliphatic heterocycles. The van der Waals surface area contributed by atoms with Gasteiger partial charge in [-0.1, -0.05) is 35.9 Å². The van der Waals surface area contributed by atoms with E-state index in [4.69, 9.17) is 21.1 Å². The molecule has 0 fully saturated rings. The lowest BCUT2D eigenvalue weighted by Crippen LogP contribution is -2.32. The monoisotopic (exact) mass is 448 g/mol. The van der Waals surface area contributed by atoms with Crippen molar-refractivity contribution in [3.05, 3.63) is 89.1 Å². The Morgan fingerprint density at radius 2 is 1.59 bits per heavy atom. The van der Waals surface area contributed by atoms with Crippen molar-refractivity contribution in [3.8, 4) is 11.5 Å². The van der Waals surface area contributed by atoms with Gasteiger partial charge in [0.05, 0.1) is 30.7 Å². The van der Waals surface area contributed by atoms with Gasteiger partial charge in [0.2, 0.25) is 0 Å². The fourth-order valence-corrected chi connectivity index (χ4v) is 3.61. The van der Waals surface area contributed by atoms with Crippen molar-refractivity contribution in [1.29, 1.82) is 0 Å². The van der Waals surface area contributed by atoms with Crippen molar-refractivity contribution in [2.24, 2.45) is 0 Å². The first-order valence-corrected chi connectivity index (χ1v) is 10.4. The van der Waals surface area contributed by atoms with Crippen LogP contribution in [0.1, 0.15) is 12.5 Å². The van der Waals surface area contributed by atoms with E-state index in [1.807, 2.05) is 19.1 Å². The Labute approximate surface area is 191 Å². The van der Waals surface area contributed by atoms with Crippen LogP contribution in [0, 0.1) is 0 Å². The zero-order valence-corrected chi connectivity index (χ0v) is 18.3. The maximum absolute atomic E-state index is 13.5. The quantitative estimate of drug-likeness (QED) is 0.506. The largest absolute Gasteiger partial charge is 0.497 e. The van der Waals surface area contributed by atoms with E-state index in [-0.39, 0.29) is 11.3 Å². The van der Waals surface area contributed by atoms with Gasteiger partial charge in [0.25, 0.3) is 11.8 Å². The predicted octanol–water partition coefficient (Wildman–Crippen LogP) is 5.14. The highest BCUT2D eigenvalue weighted by atomic mass is 35.5. The van der Waals surface area contributed by atoms with Crippen molar-refractivity contribution in [2.45, 2.75) is 6.92 Å². The van der Waals surface area contributed by atoms with E-state index in [0.29, 0.717) is 40.1 Å². The Balaban J connectivity index is 1.80. The molecule has 0 radical (unpaired) electrons. The minimum absolute atomic E-state index is 0.167. The summed E-state index contributed by atoms with van der Waals surface area (Å²) in [5, 5.41) is 3.68. The third-order valence-corrected chi connectivity index (χ3v) is 5.25. The molecule has 0 saturated heterocycles. The molecule has 1 N–H and O–H groups in total. The molecule has 0 saturated carbocycles. The SMILES string of the molecule is CCOc1ccccc1NC1=C(c2ccc(Cl)cc2)C(=O)N(c2ccc(OC)cc2)C1=O. The number of imide groups is 1. The van der Waals surface area contributed by atoms with Crippen LogP contribution in [0.4, 0.5) is 11.4 Å². The Kier molecular flexibility index (Phi) is 6.14. The number of hydrogen-bond donors (Lipinski definition) is 1. The van der Waals surface area contributed by atoms with Gasteiger partial charge in [-0.05, 0) is 61.0 Å². The number of benzene rings is 3. The summed E-state index contributed by atoms with van der Waals surface area (Å²) in [4.78, 5) is 28.1. The normalized spacial score (nSPS) is 13.5. The van der Waals surface area contributed by atoms with Gasteiger partial charge in [-0.25, -0.2) is 4.90 Å². The molecule has 0 aromatic heterocycles. The van der Waals surface area contributed by atoms with Gasteiger partial charge in [0, 0.05) is 5.02 Å². The van der Waals surface area contributed by atoms with E-state index in [1.54, 1.807) is 67.8 Å². The summed E-state index contributed by atoms with van der Waals surface area (Å²) in [5.41, 5.74) is 2.05. The van der Waals surface area contributed by atoms with Crippen LogP contribution in [0.5, 0.6) is 11.5 Å². The number of carbonyl (C=O) groups is 2. The summed E-state index contributed by atoms with van der Waals surface area (Å²) in [6, 6.07) is 20.8. The first-order chi connectivity index (χ1) is 15.5. The van der Waals surface area contributed by atoms with Gasteiger partial charge in [0.15, 0.2) is 0 Å². The summed E-state index contributed by atoms with van der Waals surface area (Å²) in [6.45, 7) is 2.34. The molecule has 0 bridgehead atoms. The van der Waals surface area contributed by atoms with Crippen LogP contribution in [-0.2, 0) is 9.59 Å². The third-order valence-electron chi connectivity index (χ3n) is 4.99. The van der Waals surface area contributed by atoms with Gasteiger partial charge in [-0.2, -0.15) is 0 Å². The van der Waals surface area contributed by atoms with Crippen molar-refractivity contribution >= 4 is 40.4 Å². The highest BCUT2D eigenvalue weighted by Crippen LogP contribution is 2.36. The maximum Gasteiger partial charge on any atom is 0.282 e. The number of methoxy groups -OCH3 is 1. The van der Waals surface area contributed by atoms with E-state index < -0.39 is 11.8 Å². The first kappa shape index (κ1) is 21.5. The Morgan fingerprint density at radius 3 is 2.25 bits per heavy atom. The van der Waals surface area contributed by atoms with Crippen LogP contribution in [-0.4, -0.2) is 25.5 Å². The average molecular weight is 449 g/mol. The number of carbonyl (C=O) groups excluding carboxylic acids is 2. The minimum atomic E-state index is -0.462. The van der Waals surface area contributed by atoms with E-state index >= 15 is 0 Å². The first-order valence-electron chi connectivity index (χ1n) is 10.1. The number of nitrogens with one attached hydrogen (secondary N) is 1. The van der Waals surface area contributed by atoms with Crippen molar-refractivity contribution < 1.29 is 19.1 Å². The second kappa shape index (κ2) is 9.16. The van der Waals surface area contributed by atoms with Gasteiger partial charge in [0.1, 0.15) is 17.2 Å². The fraction of sp³-hybridized carbons (Fsp3) is 0.120. The number of rotatable bonds is 7. The van der Waals surface area contributed by atoms with Crippen molar-refractivity contribution in [1.82, 2.24) is 0 Å². The molecule has 0 aliphatic carbocycles. The second-order valence-electron chi connectivity index (χ2n) is 6.95. The number of anilines is 2. The molecular weight excluding hydrogens is 428 g/mol. The molecule has 32 heavy (non-hydrogen) atoms. The summed E-state index contributed by atoms with van der Waals surface area (Å²) >= 11 is 6.04. The molecule has 7 heteroatoms. The standard InChI is InChI=1S/C25H21ClN2O4/c1-3-32-21-7-5-4-6-20(21)27-23-22(16-8-10-17(26)11-9-16)24(29)28(25(23)30)18-12-14-19(31-2)15-13-18/h4-15,27H,3H2,1-2H3. The summed E-state index contributed by atoms with van der Waals surface area (Å²) in [7, 11) is 1.55. The molecule has 2 amide bonds. The van der Waals surface area contributed by atoms with Gasteiger partial charge < -0.3 is 14.8 Å². The number of para-hydroxylation sites is 2. The van der Waals surface area contributed by atoms with Crippen molar-refractivity contribution in [2.75, 3.05) is 23.9 Å². The lowest BCUT2D eigenvalue weighted by atomic mass is 10.0. The number of halogens is 1. The molecule has 3 aromatic carbocycles. The molecular formula is C25H21ClN2O4. The molecule has 1 heterocycles. The Morgan fingerprint density at radius 1 is 0.906 bits per heavy atom. The van der Waals surface area contributed by atoms with Crippen LogP contribution >= 0.6 is 11.6 Å². The molecule has 1 aliphatic rings. The lowest BCUT2D eigenvalue weighted by molar-refractivity contribution is -0.120. The molecule has 4 rings (SSSR count). The highest BCUT2D eigenvalue weighted by Gasteiger charge is 2.40. The number of ether oxygens (including phenoxy) is 2. The molecule has 0 spiro atoms. The predicted molar refractivity (Wildman–Crippen MR) is 125 cm³/mol. The van der Waals surface area contributed by atoms with Crippen LogP contribution in [0.25, 0.3) is 5.57 Å². The topological polar surface area (TPSA) is 67.9 Å². The van der Waals surface area contributed by atoms with E-state index in [0.717, 1.165) is 4.90 Å².